The van der Waals surface area contributed by atoms with Gasteiger partial charge in [-0.3, -0.25) is 14.4 Å². The van der Waals surface area contributed by atoms with Gasteiger partial charge in [0.2, 0.25) is 0 Å². The molecule has 0 aliphatic heterocycles. The molecule has 7 nitrogen and oxygen atoms in total. The Hall–Kier alpha value is -3.00. The van der Waals surface area contributed by atoms with Crippen LogP contribution in [0.4, 0.5) is 5.00 Å². The molecule has 0 bridgehead atoms. The van der Waals surface area contributed by atoms with E-state index in [1.54, 1.807) is 17.5 Å². The highest BCUT2D eigenvalue weighted by Crippen LogP contribution is 2.23. The number of amides is 2. The number of rotatable bonds is 6. The Kier molecular flexibility index (Phi) is 5.66. The average molecular weight is 360 g/mol. The molecule has 25 heavy (non-hydrogen) atoms. The van der Waals surface area contributed by atoms with Gasteiger partial charge in [-0.25, -0.2) is 4.79 Å². The lowest BCUT2D eigenvalue weighted by Crippen LogP contribution is -2.32. The predicted octanol–water partition coefficient (Wildman–Crippen LogP) is 1.91. The van der Waals surface area contributed by atoms with E-state index in [1.807, 2.05) is 6.92 Å². The molecule has 1 heterocycles. The van der Waals surface area contributed by atoms with Gasteiger partial charge in [0.25, 0.3) is 17.6 Å². The fraction of sp³-hybridized carbons (Fsp3) is 0.176. The third kappa shape index (κ3) is 4.51. The third-order valence-corrected chi connectivity index (χ3v) is 4.15. The first-order valence-electron chi connectivity index (χ1n) is 7.29. The number of nitrogens with one attached hydrogen (secondary N) is 1. The second kappa shape index (κ2) is 7.71. The summed E-state index contributed by atoms with van der Waals surface area (Å²) in [5.41, 5.74) is 6.47. The predicted molar refractivity (Wildman–Crippen MR) is 92.5 cm³/mol. The minimum atomic E-state index is -1.22. The molecule has 0 saturated carbocycles. The minimum Gasteiger partial charge on any atom is -0.447 e. The number of ether oxygens (including phenoxy) is 1. The molecule has 0 radical (unpaired) electrons. The van der Waals surface area contributed by atoms with E-state index in [0.717, 1.165) is 16.9 Å². The normalized spacial score (nSPS) is 11.4. The first kappa shape index (κ1) is 18.3. The van der Waals surface area contributed by atoms with E-state index >= 15 is 0 Å². The number of primary amides is 1. The van der Waals surface area contributed by atoms with E-state index in [0.29, 0.717) is 0 Å². The Morgan fingerprint density at radius 3 is 2.36 bits per heavy atom. The average Bonchev–Trinajstić information content (AvgIpc) is 3.03. The first-order chi connectivity index (χ1) is 11.8. The SMILES string of the molecule is Cc1ccc(C(=O)C(=O)OC(C)C(=O)Nc2sccc2C(N)=O)cc1. The summed E-state index contributed by atoms with van der Waals surface area (Å²) in [6.07, 6.45) is -1.22. The highest BCUT2D eigenvalue weighted by atomic mass is 32.1. The molecule has 1 atom stereocenters. The lowest BCUT2D eigenvalue weighted by Gasteiger charge is -2.12. The van der Waals surface area contributed by atoms with Crippen LogP contribution in [-0.2, 0) is 14.3 Å². The molecule has 3 N–H and O–H groups in total. The fourth-order valence-electron chi connectivity index (χ4n) is 1.90. The van der Waals surface area contributed by atoms with Crippen LogP contribution in [0.1, 0.15) is 33.2 Å². The number of esters is 1. The standard InChI is InChI=1S/C17H16N2O5S/c1-9-3-5-11(6-4-9)13(20)17(23)24-10(2)15(22)19-16-12(14(18)21)7-8-25-16/h3-8,10H,1-2H3,(H2,18,21)(H,19,22). The van der Waals surface area contributed by atoms with Gasteiger partial charge in [-0.1, -0.05) is 29.8 Å². The monoisotopic (exact) mass is 360 g/mol. The molecule has 0 saturated heterocycles. The lowest BCUT2D eigenvalue weighted by atomic mass is 10.1. The summed E-state index contributed by atoms with van der Waals surface area (Å²) in [4.78, 5) is 47.2. The van der Waals surface area contributed by atoms with Crippen molar-refractivity contribution < 1.29 is 23.9 Å². The summed E-state index contributed by atoms with van der Waals surface area (Å²) in [5, 5.41) is 4.30. The van der Waals surface area contributed by atoms with Crippen molar-refractivity contribution in [2.24, 2.45) is 5.73 Å². The van der Waals surface area contributed by atoms with Gasteiger partial charge in [-0.2, -0.15) is 0 Å². The number of carbonyl (C=O) groups is 4. The van der Waals surface area contributed by atoms with E-state index in [1.165, 1.54) is 25.1 Å². The molecule has 8 heteroatoms. The van der Waals surface area contributed by atoms with Gasteiger partial charge in [0.05, 0.1) is 5.56 Å². The number of nitrogens with two attached hydrogens (primary N) is 1. The quantitative estimate of drug-likeness (QED) is 0.464. The number of benzene rings is 1. The van der Waals surface area contributed by atoms with Crippen molar-refractivity contribution in [2.75, 3.05) is 5.32 Å². The number of aryl methyl sites for hydroxylation is 1. The van der Waals surface area contributed by atoms with E-state index in [9.17, 15) is 19.2 Å². The van der Waals surface area contributed by atoms with Crippen LogP contribution >= 0.6 is 11.3 Å². The maximum atomic E-state index is 12.1. The topological polar surface area (TPSA) is 116 Å². The minimum absolute atomic E-state index is 0.160. The van der Waals surface area contributed by atoms with Crippen LogP contribution in [0.25, 0.3) is 0 Å². The largest absolute Gasteiger partial charge is 0.447 e. The molecular weight excluding hydrogens is 344 g/mol. The zero-order chi connectivity index (χ0) is 18.6. The van der Waals surface area contributed by atoms with Crippen LogP contribution in [0.2, 0.25) is 0 Å². The van der Waals surface area contributed by atoms with Crippen molar-refractivity contribution in [1.29, 1.82) is 0 Å². The van der Waals surface area contributed by atoms with Gasteiger partial charge in [0.1, 0.15) is 5.00 Å². The highest BCUT2D eigenvalue weighted by Gasteiger charge is 2.25. The Bertz CT molecular complexity index is 826. The Morgan fingerprint density at radius 1 is 1.12 bits per heavy atom. The van der Waals surface area contributed by atoms with Crippen molar-refractivity contribution in [3.63, 3.8) is 0 Å². The van der Waals surface area contributed by atoms with E-state index in [-0.39, 0.29) is 16.1 Å². The van der Waals surface area contributed by atoms with Gasteiger partial charge in [0, 0.05) is 5.56 Å². The molecule has 1 unspecified atom stereocenters. The molecule has 0 aliphatic carbocycles. The van der Waals surface area contributed by atoms with Crippen LogP contribution in [0.5, 0.6) is 0 Å². The van der Waals surface area contributed by atoms with Gasteiger partial charge < -0.3 is 15.8 Å². The molecule has 0 fully saturated rings. The molecule has 1 aromatic heterocycles. The number of ketones is 1. The summed E-state index contributed by atoms with van der Waals surface area (Å²) in [6.45, 7) is 3.18. The van der Waals surface area contributed by atoms with Crippen molar-refractivity contribution in [2.45, 2.75) is 20.0 Å². The van der Waals surface area contributed by atoms with Gasteiger partial charge in [0.15, 0.2) is 6.10 Å². The lowest BCUT2D eigenvalue weighted by molar-refractivity contribution is -0.148. The molecule has 1 aromatic carbocycles. The van der Waals surface area contributed by atoms with Gasteiger partial charge in [-0.15, -0.1) is 11.3 Å². The van der Waals surface area contributed by atoms with Gasteiger partial charge >= 0.3 is 5.97 Å². The summed E-state index contributed by atoms with van der Waals surface area (Å²) < 4.78 is 4.90. The first-order valence-corrected chi connectivity index (χ1v) is 8.17. The molecular formula is C17H16N2O5S. The molecule has 2 aromatic rings. The Morgan fingerprint density at radius 2 is 1.76 bits per heavy atom. The molecule has 0 spiro atoms. The second-order valence-corrected chi connectivity index (χ2v) is 6.18. The third-order valence-electron chi connectivity index (χ3n) is 3.32. The molecule has 0 aliphatic rings. The number of anilines is 1. The van der Waals surface area contributed by atoms with Crippen molar-refractivity contribution in [1.82, 2.24) is 0 Å². The highest BCUT2D eigenvalue weighted by molar-refractivity contribution is 7.14. The summed E-state index contributed by atoms with van der Waals surface area (Å²) in [7, 11) is 0. The summed E-state index contributed by atoms with van der Waals surface area (Å²) >= 11 is 1.11. The van der Waals surface area contributed by atoms with Crippen LogP contribution in [0.3, 0.4) is 0 Å². The molecule has 2 rings (SSSR count). The van der Waals surface area contributed by atoms with E-state index < -0.39 is 29.7 Å². The maximum absolute atomic E-state index is 12.1. The zero-order valence-electron chi connectivity index (χ0n) is 13.6. The van der Waals surface area contributed by atoms with E-state index in [2.05, 4.69) is 5.32 Å². The smallest absolute Gasteiger partial charge is 0.380 e. The van der Waals surface area contributed by atoms with Crippen molar-refractivity contribution >= 4 is 39.9 Å². The zero-order valence-corrected chi connectivity index (χ0v) is 14.4. The number of hydrogen-bond donors (Lipinski definition) is 2. The van der Waals surface area contributed by atoms with Crippen LogP contribution in [0, 0.1) is 6.92 Å². The Balaban J connectivity index is 1.99. The van der Waals surface area contributed by atoms with Crippen molar-refractivity contribution in [3.05, 3.63) is 52.4 Å². The summed E-state index contributed by atoms with van der Waals surface area (Å²) in [5.74, 6) is -3.33. The van der Waals surface area contributed by atoms with Crippen LogP contribution in [-0.4, -0.2) is 29.7 Å². The fourth-order valence-corrected chi connectivity index (χ4v) is 2.70. The second-order valence-electron chi connectivity index (χ2n) is 5.26. The van der Waals surface area contributed by atoms with Gasteiger partial charge in [-0.05, 0) is 25.3 Å². The van der Waals surface area contributed by atoms with Crippen LogP contribution in [0.15, 0.2) is 35.7 Å². The Labute approximate surface area is 147 Å². The maximum Gasteiger partial charge on any atom is 0.380 e. The van der Waals surface area contributed by atoms with Crippen molar-refractivity contribution in [3.8, 4) is 0 Å². The summed E-state index contributed by atoms with van der Waals surface area (Å²) in [6, 6.07) is 7.88. The number of carbonyl (C=O) groups excluding carboxylic acids is 4. The molecule has 130 valence electrons. The van der Waals surface area contributed by atoms with E-state index in [4.69, 9.17) is 10.5 Å². The molecule has 2 amide bonds. The number of Topliss-reactive ketones (excluding diaryl/α,β-unsaturated/α-hetero) is 1. The van der Waals surface area contributed by atoms with Crippen LogP contribution < -0.4 is 11.1 Å². The number of hydrogen-bond acceptors (Lipinski definition) is 6. The number of thiophene rings is 1.